The molecule has 0 unspecified atom stereocenters. The van der Waals surface area contributed by atoms with Crippen molar-refractivity contribution in [3.05, 3.63) is 34.3 Å². The standard InChI is InChI=1S/C14H18BrNO3/c1-9(2)6-12(14(18)19)16-13(17)8-10-4-3-5-11(15)7-10/h3-5,7,9,12H,6,8H2,1-2H3,(H,16,17)(H,18,19)/t12-/m1/s1. The SMILES string of the molecule is CC(C)C[C@@H](NC(=O)Cc1cccc(Br)c1)C(=O)O. The molecule has 0 spiro atoms. The lowest BCUT2D eigenvalue weighted by Crippen LogP contribution is -2.42. The Hall–Kier alpha value is -1.36. The number of hydrogen-bond donors (Lipinski definition) is 2. The minimum atomic E-state index is -0.990. The summed E-state index contributed by atoms with van der Waals surface area (Å²) in [6.07, 6.45) is 0.612. The second-order valence-electron chi connectivity index (χ2n) is 4.89. The number of carboxylic acids is 1. The summed E-state index contributed by atoms with van der Waals surface area (Å²) in [5.41, 5.74) is 0.848. The van der Waals surface area contributed by atoms with Gasteiger partial charge >= 0.3 is 5.97 Å². The largest absolute Gasteiger partial charge is 0.480 e. The maximum absolute atomic E-state index is 11.8. The molecule has 0 heterocycles. The third-order valence-corrected chi connectivity index (χ3v) is 3.09. The summed E-state index contributed by atoms with van der Waals surface area (Å²) in [4.78, 5) is 22.9. The molecule has 0 aliphatic heterocycles. The van der Waals surface area contributed by atoms with E-state index in [0.717, 1.165) is 10.0 Å². The number of carbonyl (C=O) groups excluding carboxylic acids is 1. The molecule has 0 saturated heterocycles. The molecule has 19 heavy (non-hydrogen) atoms. The molecule has 2 N–H and O–H groups in total. The van der Waals surface area contributed by atoms with Gasteiger partial charge in [-0.2, -0.15) is 0 Å². The molecule has 0 bridgehead atoms. The lowest BCUT2D eigenvalue weighted by Gasteiger charge is -2.16. The van der Waals surface area contributed by atoms with E-state index in [9.17, 15) is 9.59 Å². The van der Waals surface area contributed by atoms with Gasteiger partial charge in [0.25, 0.3) is 0 Å². The molecule has 0 fully saturated rings. The van der Waals surface area contributed by atoms with E-state index in [1.807, 2.05) is 38.1 Å². The smallest absolute Gasteiger partial charge is 0.326 e. The summed E-state index contributed by atoms with van der Waals surface area (Å²) in [7, 11) is 0. The summed E-state index contributed by atoms with van der Waals surface area (Å²) >= 11 is 3.33. The minimum absolute atomic E-state index is 0.182. The number of amides is 1. The van der Waals surface area contributed by atoms with E-state index in [1.165, 1.54) is 0 Å². The van der Waals surface area contributed by atoms with Crippen molar-refractivity contribution in [2.24, 2.45) is 5.92 Å². The monoisotopic (exact) mass is 327 g/mol. The Labute approximate surface area is 121 Å². The van der Waals surface area contributed by atoms with Crippen molar-refractivity contribution in [3.63, 3.8) is 0 Å². The number of nitrogens with one attached hydrogen (secondary N) is 1. The number of hydrogen-bond acceptors (Lipinski definition) is 2. The fourth-order valence-electron chi connectivity index (χ4n) is 1.77. The Morgan fingerprint density at radius 3 is 2.58 bits per heavy atom. The van der Waals surface area contributed by atoms with Gasteiger partial charge < -0.3 is 10.4 Å². The van der Waals surface area contributed by atoms with Crippen LogP contribution in [0.15, 0.2) is 28.7 Å². The maximum atomic E-state index is 11.8. The Balaban J connectivity index is 2.60. The maximum Gasteiger partial charge on any atom is 0.326 e. The van der Waals surface area contributed by atoms with Crippen LogP contribution in [-0.2, 0) is 16.0 Å². The van der Waals surface area contributed by atoms with Crippen LogP contribution in [0.4, 0.5) is 0 Å². The highest BCUT2D eigenvalue weighted by Gasteiger charge is 2.20. The lowest BCUT2D eigenvalue weighted by atomic mass is 10.0. The second-order valence-corrected chi connectivity index (χ2v) is 5.81. The zero-order valence-electron chi connectivity index (χ0n) is 11.0. The molecule has 1 aromatic carbocycles. The molecule has 1 atom stereocenters. The van der Waals surface area contributed by atoms with Gasteiger partial charge in [-0.15, -0.1) is 0 Å². The summed E-state index contributed by atoms with van der Waals surface area (Å²) in [5.74, 6) is -1.05. The molecule has 1 aromatic rings. The number of carboxylic acid groups (broad SMARTS) is 1. The van der Waals surface area contributed by atoms with Crippen molar-refractivity contribution in [3.8, 4) is 0 Å². The van der Waals surface area contributed by atoms with E-state index in [1.54, 1.807) is 0 Å². The Kier molecular flexibility index (Phi) is 6.02. The van der Waals surface area contributed by atoms with Crippen molar-refractivity contribution in [1.29, 1.82) is 0 Å². The molecule has 0 aromatic heterocycles. The highest BCUT2D eigenvalue weighted by molar-refractivity contribution is 9.10. The van der Waals surface area contributed by atoms with Gasteiger partial charge in [-0.1, -0.05) is 41.9 Å². The number of rotatable bonds is 6. The van der Waals surface area contributed by atoms with Gasteiger partial charge in [0.1, 0.15) is 6.04 Å². The van der Waals surface area contributed by atoms with E-state index in [0.29, 0.717) is 6.42 Å². The van der Waals surface area contributed by atoms with Crippen LogP contribution < -0.4 is 5.32 Å². The first-order chi connectivity index (χ1) is 8.88. The molecule has 0 aliphatic rings. The van der Waals surface area contributed by atoms with Gasteiger partial charge in [0.2, 0.25) is 5.91 Å². The van der Waals surface area contributed by atoms with Crippen LogP contribution in [0, 0.1) is 5.92 Å². The van der Waals surface area contributed by atoms with E-state index in [2.05, 4.69) is 21.2 Å². The van der Waals surface area contributed by atoms with E-state index >= 15 is 0 Å². The number of carbonyl (C=O) groups is 2. The van der Waals surface area contributed by atoms with Gasteiger partial charge in [-0.25, -0.2) is 4.79 Å². The molecule has 0 radical (unpaired) electrons. The predicted octanol–water partition coefficient (Wildman–Crippen LogP) is 2.61. The normalized spacial score (nSPS) is 12.2. The first kappa shape index (κ1) is 15.7. The van der Waals surface area contributed by atoms with Crippen LogP contribution in [-0.4, -0.2) is 23.0 Å². The number of benzene rings is 1. The zero-order chi connectivity index (χ0) is 14.4. The predicted molar refractivity (Wildman–Crippen MR) is 76.9 cm³/mol. The molecule has 1 rings (SSSR count). The summed E-state index contributed by atoms with van der Waals surface area (Å²) < 4.78 is 0.898. The minimum Gasteiger partial charge on any atom is -0.480 e. The van der Waals surface area contributed by atoms with Gasteiger partial charge in [0.05, 0.1) is 6.42 Å². The third kappa shape index (κ3) is 5.87. The molecule has 5 heteroatoms. The Morgan fingerprint density at radius 1 is 1.37 bits per heavy atom. The molecule has 1 amide bonds. The zero-order valence-corrected chi connectivity index (χ0v) is 12.6. The molecule has 4 nitrogen and oxygen atoms in total. The van der Waals surface area contributed by atoms with Crippen LogP contribution in [0.25, 0.3) is 0 Å². The van der Waals surface area contributed by atoms with Gasteiger partial charge in [0, 0.05) is 4.47 Å². The molecule has 0 aliphatic carbocycles. The molecular weight excluding hydrogens is 310 g/mol. The van der Waals surface area contributed by atoms with E-state index < -0.39 is 12.0 Å². The van der Waals surface area contributed by atoms with Crippen molar-refractivity contribution >= 4 is 27.8 Å². The van der Waals surface area contributed by atoms with Crippen LogP contribution in [0.1, 0.15) is 25.8 Å². The van der Waals surface area contributed by atoms with Gasteiger partial charge in [0.15, 0.2) is 0 Å². The highest BCUT2D eigenvalue weighted by atomic mass is 79.9. The van der Waals surface area contributed by atoms with E-state index in [4.69, 9.17) is 5.11 Å². The van der Waals surface area contributed by atoms with Gasteiger partial charge in [-0.05, 0) is 30.0 Å². The van der Waals surface area contributed by atoms with Crippen LogP contribution in [0.2, 0.25) is 0 Å². The topological polar surface area (TPSA) is 66.4 Å². The summed E-state index contributed by atoms with van der Waals surface area (Å²) in [6, 6.07) is 6.58. The van der Waals surface area contributed by atoms with Crippen molar-refractivity contribution in [1.82, 2.24) is 5.32 Å². The highest BCUT2D eigenvalue weighted by Crippen LogP contribution is 2.12. The first-order valence-electron chi connectivity index (χ1n) is 6.15. The number of halogens is 1. The fourth-order valence-corrected chi connectivity index (χ4v) is 2.22. The van der Waals surface area contributed by atoms with Crippen molar-refractivity contribution in [2.45, 2.75) is 32.7 Å². The average Bonchev–Trinajstić information content (AvgIpc) is 2.27. The third-order valence-electron chi connectivity index (χ3n) is 2.59. The lowest BCUT2D eigenvalue weighted by molar-refractivity contribution is -0.142. The summed E-state index contributed by atoms with van der Waals surface area (Å²) in [5, 5.41) is 11.6. The molecular formula is C14H18BrNO3. The van der Waals surface area contributed by atoms with Gasteiger partial charge in [-0.3, -0.25) is 4.79 Å². The van der Waals surface area contributed by atoms with Crippen LogP contribution >= 0.6 is 15.9 Å². The first-order valence-corrected chi connectivity index (χ1v) is 6.94. The summed E-state index contributed by atoms with van der Waals surface area (Å²) in [6.45, 7) is 3.85. The molecule has 0 saturated carbocycles. The fraction of sp³-hybridized carbons (Fsp3) is 0.429. The average molecular weight is 328 g/mol. The van der Waals surface area contributed by atoms with Crippen LogP contribution in [0.3, 0.4) is 0 Å². The second kappa shape index (κ2) is 7.28. The van der Waals surface area contributed by atoms with Crippen molar-refractivity contribution in [2.75, 3.05) is 0 Å². The quantitative estimate of drug-likeness (QED) is 0.844. The molecule has 104 valence electrons. The Bertz CT molecular complexity index is 460. The Morgan fingerprint density at radius 2 is 2.05 bits per heavy atom. The van der Waals surface area contributed by atoms with Crippen molar-refractivity contribution < 1.29 is 14.7 Å². The van der Waals surface area contributed by atoms with Crippen LogP contribution in [0.5, 0.6) is 0 Å². The van der Waals surface area contributed by atoms with E-state index in [-0.39, 0.29) is 18.2 Å². The number of aliphatic carboxylic acids is 1.